The first-order valence-corrected chi connectivity index (χ1v) is 3.69. The predicted octanol–water partition coefficient (Wildman–Crippen LogP) is 2.44. The predicted molar refractivity (Wildman–Crippen MR) is 41.4 cm³/mol. The van der Waals surface area contributed by atoms with Gasteiger partial charge in [0.25, 0.3) is 0 Å². The summed E-state index contributed by atoms with van der Waals surface area (Å²) < 4.78 is 36.2. The molecule has 2 nitrogen and oxygen atoms in total. The van der Waals surface area contributed by atoms with Crippen LogP contribution in [0.4, 0.5) is 19.0 Å². The van der Waals surface area contributed by atoms with E-state index in [0.717, 1.165) is 12.3 Å². The standard InChI is InChI=1S/C6H4BrF3N2.Pd/c7-4-2-12-5(11)1-3(4)6(8,9)10;/h1-2H,(H2,11,12);/q;+2. The SMILES string of the molecule is Nc1cc(C(F)(F)F)c(Br)cn1.[Pd+2]. The number of nitrogens with two attached hydrogens (primary N) is 1. The summed E-state index contributed by atoms with van der Waals surface area (Å²) >= 11 is 2.73. The van der Waals surface area contributed by atoms with Crippen LogP contribution in [0.25, 0.3) is 0 Å². The molecule has 13 heavy (non-hydrogen) atoms. The van der Waals surface area contributed by atoms with Gasteiger partial charge in [-0.15, -0.1) is 0 Å². The van der Waals surface area contributed by atoms with E-state index in [-0.39, 0.29) is 30.7 Å². The van der Waals surface area contributed by atoms with Crippen LogP contribution in [0.1, 0.15) is 5.56 Å². The minimum absolute atomic E-state index is 0. The summed E-state index contributed by atoms with van der Waals surface area (Å²) in [5, 5.41) is 0. The Morgan fingerprint density at radius 2 is 1.92 bits per heavy atom. The maximum atomic E-state index is 12.1. The van der Waals surface area contributed by atoms with Gasteiger partial charge in [0.05, 0.1) is 5.56 Å². The molecule has 0 atom stereocenters. The van der Waals surface area contributed by atoms with Gasteiger partial charge in [-0.3, -0.25) is 0 Å². The third-order valence-corrected chi connectivity index (χ3v) is 1.81. The summed E-state index contributed by atoms with van der Waals surface area (Å²) in [5.74, 6) is -0.148. The van der Waals surface area contributed by atoms with Gasteiger partial charge in [0.1, 0.15) is 5.82 Å². The molecule has 1 heterocycles. The van der Waals surface area contributed by atoms with Crippen molar-refractivity contribution in [2.24, 2.45) is 0 Å². The molecule has 1 aromatic rings. The van der Waals surface area contributed by atoms with Gasteiger partial charge in [0, 0.05) is 10.7 Å². The van der Waals surface area contributed by atoms with Crippen LogP contribution in [0.2, 0.25) is 0 Å². The molecule has 0 saturated heterocycles. The molecule has 0 fully saturated rings. The molecule has 0 aliphatic carbocycles. The second-order valence-electron chi connectivity index (χ2n) is 2.09. The number of alkyl halides is 3. The maximum Gasteiger partial charge on any atom is 2.00 e. The number of pyridine rings is 1. The zero-order chi connectivity index (χ0) is 9.35. The van der Waals surface area contributed by atoms with Crippen molar-refractivity contribution in [3.05, 3.63) is 22.3 Å². The quantitative estimate of drug-likeness (QED) is 0.732. The van der Waals surface area contributed by atoms with Gasteiger partial charge >= 0.3 is 26.6 Å². The molecule has 0 spiro atoms. The minimum atomic E-state index is -4.39. The van der Waals surface area contributed by atoms with Crippen molar-refractivity contribution in [1.29, 1.82) is 0 Å². The molecule has 0 aliphatic heterocycles. The zero-order valence-corrected chi connectivity index (χ0v) is 9.15. The number of hydrogen-bond acceptors (Lipinski definition) is 2. The molecular weight excluding hydrogens is 343 g/mol. The fourth-order valence-corrected chi connectivity index (χ4v) is 1.11. The van der Waals surface area contributed by atoms with Crippen LogP contribution < -0.4 is 5.73 Å². The van der Waals surface area contributed by atoms with Crippen molar-refractivity contribution in [1.82, 2.24) is 4.98 Å². The molecule has 2 N–H and O–H groups in total. The monoisotopic (exact) mass is 346 g/mol. The Balaban J connectivity index is 0.00000144. The molecule has 0 aliphatic rings. The summed E-state index contributed by atoms with van der Waals surface area (Å²) in [6.45, 7) is 0. The molecule has 1 aromatic heterocycles. The Morgan fingerprint density at radius 1 is 1.38 bits per heavy atom. The molecule has 0 bridgehead atoms. The van der Waals surface area contributed by atoms with Crippen LogP contribution in [0.5, 0.6) is 0 Å². The Morgan fingerprint density at radius 3 is 2.31 bits per heavy atom. The smallest absolute Gasteiger partial charge is 0.384 e. The van der Waals surface area contributed by atoms with E-state index in [0.29, 0.717) is 0 Å². The van der Waals surface area contributed by atoms with E-state index in [2.05, 4.69) is 20.9 Å². The summed E-state index contributed by atoms with van der Waals surface area (Å²) in [4.78, 5) is 3.48. The number of nitrogens with zero attached hydrogens (tertiary/aromatic N) is 1. The molecular formula is C6H4BrF3N2Pd+2. The van der Waals surface area contributed by atoms with Crippen molar-refractivity contribution in [3.8, 4) is 0 Å². The number of halogens is 4. The average molecular weight is 347 g/mol. The third-order valence-electron chi connectivity index (χ3n) is 1.18. The van der Waals surface area contributed by atoms with Gasteiger partial charge < -0.3 is 5.73 Å². The van der Waals surface area contributed by atoms with Crippen molar-refractivity contribution in [3.63, 3.8) is 0 Å². The maximum absolute atomic E-state index is 12.1. The molecule has 0 saturated carbocycles. The van der Waals surface area contributed by atoms with Gasteiger partial charge in [-0.25, -0.2) is 4.98 Å². The third kappa shape index (κ3) is 3.25. The van der Waals surface area contributed by atoms with Crippen LogP contribution in [-0.2, 0) is 26.6 Å². The first-order chi connectivity index (χ1) is 5.41. The summed E-state index contributed by atoms with van der Waals surface area (Å²) in [7, 11) is 0. The fourth-order valence-electron chi connectivity index (χ4n) is 0.672. The van der Waals surface area contributed by atoms with Gasteiger partial charge in [0.15, 0.2) is 0 Å². The second kappa shape index (κ2) is 4.40. The van der Waals surface area contributed by atoms with E-state index < -0.39 is 11.7 Å². The fraction of sp³-hybridized carbons (Fsp3) is 0.167. The van der Waals surface area contributed by atoms with E-state index in [1.807, 2.05) is 0 Å². The zero-order valence-electron chi connectivity index (χ0n) is 6.01. The summed E-state index contributed by atoms with van der Waals surface area (Å²) in [6.07, 6.45) is -3.37. The minimum Gasteiger partial charge on any atom is -0.384 e. The first kappa shape index (κ1) is 12.9. The molecule has 0 amide bonds. The van der Waals surface area contributed by atoms with Gasteiger partial charge in [-0.05, 0) is 22.0 Å². The molecule has 74 valence electrons. The first-order valence-electron chi connectivity index (χ1n) is 2.89. The number of anilines is 1. The topological polar surface area (TPSA) is 38.9 Å². The number of aromatic nitrogens is 1. The van der Waals surface area contributed by atoms with E-state index in [4.69, 9.17) is 5.73 Å². The Hall–Kier alpha value is -0.118. The Bertz CT molecular complexity index is 302. The van der Waals surface area contributed by atoms with E-state index in [1.54, 1.807) is 0 Å². The summed E-state index contributed by atoms with van der Waals surface area (Å²) in [5.41, 5.74) is 4.28. The van der Waals surface area contributed by atoms with Crippen molar-refractivity contribution < 1.29 is 33.6 Å². The van der Waals surface area contributed by atoms with Crippen molar-refractivity contribution in [2.45, 2.75) is 6.18 Å². The number of rotatable bonds is 0. The van der Waals surface area contributed by atoms with Crippen LogP contribution in [0.3, 0.4) is 0 Å². The van der Waals surface area contributed by atoms with Crippen LogP contribution in [0, 0.1) is 0 Å². The Kier molecular flexibility index (Phi) is 4.36. The van der Waals surface area contributed by atoms with Gasteiger partial charge in [-0.2, -0.15) is 13.2 Å². The Labute approximate surface area is 94.5 Å². The van der Waals surface area contributed by atoms with E-state index in [1.165, 1.54) is 0 Å². The molecule has 1 rings (SSSR count). The van der Waals surface area contributed by atoms with Gasteiger partial charge in [0.2, 0.25) is 0 Å². The molecule has 0 unspecified atom stereocenters. The second-order valence-corrected chi connectivity index (χ2v) is 2.94. The van der Waals surface area contributed by atoms with E-state index >= 15 is 0 Å². The van der Waals surface area contributed by atoms with E-state index in [9.17, 15) is 13.2 Å². The van der Waals surface area contributed by atoms with Gasteiger partial charge in [-0.1, -0.05) is 0 Å². The normalized spacial score (nSPS) is 10.8. The van der Waals surface area contributed by atoms with Crippen molar-refractivity contribution >= 4 is 21.7 Å². The van der Waals surface area contributed by atoms with Crippen LogP contribution in [-0.4, -0.2) is 4.98 Å². The van der Waals surface area contributed by atoms with Crippen molar-refractivity contribution in [2.75, 3.05) is 5.73 Å². The summed E-state index contributed by atoms with van der Waals surface area (Å²) in [6, 6.07) is 0.782. The average Bonchev–Trinajstić information content (AvgIpc) is 1.92. The number of hydrogen-bond donors (Lipinski definition) is 1. The number of nitrogen functional groups attached to an aromatic ring is 1. The molecule has 7 heteroatoms. The molecule has 0 aromatic carbocycles. The van der Waals surface area contributed by atoms with Crippen LogP contribution >= 0.6 is 15.9 Å². The molecule has 0 radical (unpaired) electrons. The largest absolute Gasteiger partial charge is 2.00 e. The van der Waals surface area contributed by atoms with Crippen LogP contribution in [0.15, 0.2) is 16.7 Å².